The van der Waals surface area contributed by atoms with Crippen molar-refractivity contribution in [2.75, 3.05) is 32.7 Å². The van der Waals surface area contributed by atoms with E-state index in [1.165, 1.54) is 23.8 Å². The van der Waals surface area contributed by atoms with Crippen LogP contribution in [0.15, 0.2) is 86.0 Å². The molecule has 0 saturated carbocycles. The molecule has 4 heterocycles. The molecule has 10 heteroatoms. The number of aliphatic hydroxyl groups is 1. The quantitative estimate of drug-likeness (QED) is 0.350. The Kier molecular flexibility index (Phi) is 6.68. The second-order valence-electron chi connectivity index (χ2n) is 9.32. The van der Waals surface area contributed by atoms with Crippen molar-refractivity contribution >= 4 is 11.2 Å². The number of β-amino-alcohol motifs (C(OH)–C–C–N with tert-alkyl or cyclic N) is 1. The molecule has 37 heavy (non-hydrogen) atoms. The van der Waals surface area contributed by atoms with Crippen molar-refractivity contribution in [2.24, 2.45) is 0 Å². The fraction of sp³-hybridized carbons (Fsp3) is 0.296. The van der Waals surface area contributed by atoms with Gasteiger partial charge in [0, 0.05) is 32.7 Å². The van der Waals surface area contributed by atoms with Crippen LogP contribution in [0.2, 0.25) is 0 Å². The first kappa shape index (κ1) is 23.4. The smallest absolute Gasteiger partial charge is 0.186 e. The monoisotopic (exact) mass is 495 g/mol. The van der Waals surface area contributed by atoms with Crippen LogP contribution in [0, 0.1) is 0 Å². The van der Waals surface area contributed by atoms with Crippen molar-refractivity contribution in [3.63, 3.8) is 0 Å². The standard InChI is InChI=1S/C27H29N9O/c37-23(16-35-20-31-24-26(35)29-18-30-27(24)36-19-28-17-32-36)15-33-11-13-34(14-12-33)25(21-7-3-1-4-8-21)22-9-5-2-6-10-22/h1-10,17-20,23,25,37H,11-16H2. The molecule has 1 aliphatic heterocycles. The molecular weight excluding hydrogens is 466 g/mol. The largest absolute Gasteiger partial charge is 0.390 e. The second-order valence-corrected chi connectivity index (χ2v) is 9.32. The molecular formula is C27H29N9O. The summed E-state index contributed by atoms with van der Waals surface area (Å²) in [4.78, 5) is 22.0. The molecule has 1 aliphatic rings. The molecule has 10 nitrogen and oxygen atoms in total. The Morgan fingerprint density at radius 2 is 1.46 bits per heavy atom. The number of nitrogens with zero attached hydrogens (tertiary/aromatic N) is 9. The summed E-state index contributed by atoms with van der Waals surface area (Å²) in [6, 6.07) is 21.6. The van der Waals surface area contributed by atoms with E-state index in [4.69, 9.17) is 0 Å². The number of hydrogen-bond donors (Lipinski definition) is 1. The van der Waals surface area contributed by atoms with Gasteiger partial charge in [0.05, 0.1) is 25.0 Å². The van der Waals surface area contributed by atoms with Gasteiger partial charge in [-0.2, -0.15) is 5.10 Å². The predicted octanol–water partition coefficient (Wildman–Crippen LogP) is 2.18. The maximum absolute atomic E-state index is 10.9. The van der Waals surface area contributed by atoms with Crippen LogP contribution >= 0.6 is 0 Å². The van der Waals surface area contributed by atoms with Gasteiger partial charge >= 0.3 is 0 Å². The molecule has 0 amide bonds. The predicted molar refractivity (Wildman–Crippen MR) is 139 cm³/mol. The van der Waals surface area contributed by atoms with Gasteiger partial charge in [-0.15, -0.1) is 0 Å². The minimum atomic E-state index is -0.548. The molecule has 1 unspecified atom stereocenters. The van der Waals surface area contributed by atoms with Gasteiger partial charge in [-0.25, -0.2) is 24.6 Å². The third-order valence-corrected chi connectivity index (χ3v) is 6.90. The highest BCUT2D eigenvalue weighted by Gasteiger charge is 2.27. The molecule has 1 atom stereocenters. The zero-order valence-corrected chi connectivity index (χ0v) is 20.5. The summed E-state index contributed by atoms with van der Waals surface area (Å²) in [5.41, 5.74) is 3.91. The molecule has 0 aliphatic carbocycles. The number of hydrogen-bond acceptors (Lipinski definition) is 8. The zero-order valence-electron chi connectivity index (χ0n) is 20.5. The van der Waals surface area contributed by atoms with Crippen LogP contribution in [-0.4, -0.2) is 88.0 Å². The lowest BCUT2D eigenvalue weighted by Gasteiger charge is -2.40. The molecule has 0 radical (unpaired) electrons. The zero-order chi connectivity index (χ0) is 25.0. The average molecular weight is 496 g/mol. The SMILES string of the molecule is OC(CN1CCN(C(c2ccccc2)c2ccccc2)CC1)Cn1cnc2c(-n3cncn3)ncnc21. The van der Waals surface area contributed by atoms with Crippen LogP contribution in [0.4, 0.5) is 0 Å². The van der Waals surface area contributed by atoms with E-state index in [2.05, 4.69) is 95.5 Å². The molecule has 188 valence electrons. The van der Waals surface area contributed by atoms with Crippen LogP contribution in [0.25, 0.3) is 17.0 Å². The molecule has 2 aromatic carbocycles. The van der Waals surface area contributed by atoms with Crippen molar-refractivity contribution in [3.8, 4) is 5.82 Å². The van der Waals surface area contributed by atoms with Crippen LogP contribution in [0.5, 0.6) is 0 Å². The van der Waals surface area contributed by atoms with Gasteiger partial charge in [0.2, 0.25) is 0 Å². The van der Waals surface area contributed by atoms with Crippen molar-refractivity contribution in [1.82, 2.24) is 44.1 Å². The first-order valence-corrected chi connectivity index (χ1v) is 12.5. The van der Waals surface area contributed by atoms with Crippen LogP contribution in [0.3, 0.4) is 0 Å². The second kappa shape index (κ2) is 10.6. The van der Waals surface area contributed by atoms with Gasteiger partial charge < -0.3 is 9.67 Å². The molecule has 0 bridgehead atoms. The molecule has 6 rings (SSSR count). The lowest BCUT2D eigenvalue weighted by molar-refractivity contribution is 0.0560. The Morgan fingerprint density at radius 1 is 0.757 bits per heavy atom. The topological polar surface area (TPSA) is 101 Å². The van der Waals surface area contributed by atoms with Gasteiger partial charge in [-0.05, 0) is 11.1 Å². The number of aliphatic hydroxyl groups excluding tert-OH is 1. The average Bonchev–Trinajstić information content (AvgIpc) is 3.62. The van der Waals surface area contributed by atoms with Crippen LogP contribution in [-0.2, 0) is 6.54 Å². The third kappa shape index (κ3) is 4.99. The number of imidazole rings is 1. The molecule has 1 saturated heterocycles. The van der Waals surface area contributed by atoms with Crippen molar-refractivity contribution < 1.29 is 5.11 Å². The number of benzene rings is 2. The third-order valence-electron chi connectivity index (χ3n) is 6.90. The highest BCUT2D eigenvalue weighted by Crippen LogP contribution is 2.29. The summed E-state index contributed by atoms with van der Waals surface area (Å²) in [7, 11) is 0. The Bertz CT molecular complexity index is 1380. The van der Waals surface area contributed by atoms with Crippen LogP contribution < -0.4 is 0 Å². The first-order chi connectivity index (χ1) is 18.3. The van der Waals surface area contributed by atoms with E-state index < -0.39 is 6.10 Å². The highest BCUT2D eigenvalue weighted by atomic mass is 16.3. The maximum Gasteiger partial charge on any atom is 0.186 e. The summed E-state index contributed by atoms with van der Waals surface area (Å²) < 4.78 is 3.44. The van der Waals surface area contributed by atoms with Gasteiger partial charge in [-0.3, -0.25) is 9.80 Å². The summed E-state index contributed by atoms with van der Waals surface area (Å²) in [5, 5.41) is 15.1. The molecule has 0 spiro atoms. The minimum Gasteiger partial charge on any atom is -0.390 e. The van der Waals surface area contributed by atoms with E-state index in [0.717, 1.165) is 26.2 Å². The van der Waals surface area contributed by atoms with E-state index in [0.29, 0.717) is 30.1 Å². The first-order valence-electron chi connectivity index (χ1n) is 12.5. The summed E-state index contributed by atoms with van der Waals surface area (Å²) in [6.07, 6.45) is 5.67. The lowest BCUT2D eigenvalue weighted by Crippen LogP contribution is -2.50. The Balaban J connectivity index is 1.10. The fourth-order valence-corrected chi connectivity index (χ4v) is 5.16. The molecule has 3 aromatic heterocycles. The Labute approximate surface area is 214 Å². The lowest BCUT2D eigenvalue weighted by atomic mass is 9.96. The summed E-state index contributed by atoms with van der Waals surface area (Å²) >= 11 is 0. The number of rotatable bonds is 8. The summed E-state index contributed by atoms with van der Waals surface area (Å²) in [5.74, 6) is 0.568. The van der Waals surface area contributed by atoms with Crippen molar-refractivity contribution in [3.05, 3.63) is 97.1 Å². The van der Waals surface area contributed by atoms with E-state index in [-0.39, 0.29) is 6.04 Å². The van der Waals surface area contributed by atoms with E-state index in [1.807, 2.05) is 4.57 Å². The molecule has 5 aromatic rings. The number of aromatic nitrogens is 7. The highest BCUT2D eigenvalue weighted by molar-refractivity contribution is 5.78. The minimum absolute atomic E-state index is 0.227. The number of fused-ring (bicyclic) bond motifs is 1. The van der Waals surface area contributed by atoms with E-state index in [9.17, 15) is 5.11 Å². The summed E-state index contributed by atoms with van der Waals surface area (Å²) in [6.45, 7) is 4.66. The maximum atomic E-state index is 10.9. The van der Waals surface area contributed by atoms with E-state index in [1.54, 1.807) is 17.3 Å². The number of piperazine rings is 1. The van der Waals surface area contributed by atoms with Gasteiger partial charge in [0.1, 0.15) is 19.0 Å². The Morgan fingerprint density at radius 3 is 2.11 bits per heavy atom. The van der Waals surface area contributed by atoms with Crippen molar-refractivity contribution in [1.29, 1.82) is 0 Å². The van der Waals surface area contributed by atoms with Gasteiger partial charge in [0.15, 0.2) is 17.0 Å². The van der Waals surface area contributed by atoms with E-state index >= 15 is 0 Å². The van der Waals surface area contributed by atoms with Gasteiger partial charge in [-0.1, -0.05) is 60.7 Å². The van der Waals surface area contributed by atoms with Crippen molar-refractivity contribution in [2.45, 2.75) is 18.7 Å². The molecule has 1 N–H and O–H groups in total. The van der Waals surface area contributed by atoms with Gasteiger partial charge in [0.25, 0.3) is 0 Å². The van der Waals surface area contributed by atoms with Crippen LogP contribution in [0.1, 0.15) is 17.2 Å². The fourth-order valence-electron chi connectivity index (χ4n) is 5.16. The normalized spacial score (nSPS) is 15.9. The Hall–Kier alpha value is -3.99. The molecule has 1 fully saturated rings.